The van der Waals surface area contributed by atoms with Gasteiger partial charge < -0.3 is 11.1 Å². The zero-order valence-electron chi connectivity index (χ0n) is 9.72. The van der Waals surface area contributed by atoms with Gasteiger partial charge in [-0.3, -0.25) is 4.79 Å². The van der Waals surface area contributed by atoms with Crippen LogP contribution in [-0.2, 0) is 6.54 Å². The number of amides is 1. The predicted molar refractivity (Wildman–Crippen MR) is 68.4 cm³/mol. The molecule has 0 aliphatic heterocycles. The largest absolute Gasteiger partial charge is 0.382 e. The Balaban J connectivity index is 2.29. The zero-order chi connectivity index (χ0) is 13.1. The van der Waals surface area contributed by atoms with Crippen LogP contribution in [0.15, 0.2) is 24.3 Å². The molecule has 2 rings (SSSR count). The van der Waals surface area contributed by atoms with Gasteiger partial charge in [-0.2, -0.15) is 0 Å². The van der Waals surface area contributed by atoms with Gasteiger partial charge in [0.05, 0.1) is 6.54 Å². The van der Waals surface area contributed by atoms with Crippen LogP contribution in [0.1, 0.15) is 16.1 Å². The molecule has 0 spiro atoms. The highest BCUT2D eigenvalue weighted by atomic mass is 35.5. The van der Waals surface area contributed by atoms with Crippen LogP contribution in [0.25, 0.3) is 0 Å². The molecule has 0 saturated heterocycles. The molecule has 0 atom stereocenters. The third kappa shape index (κ3) is 2.28. The number of nitrogens with zero attached hydrogens (tertiary/aromatic N) is 3. The van der Waals surface area contributed by atoms with Crippen LogP contribution in [0.5, 0.6) is 0 Å². The van der Waals surface area contributed by atoms with Gasteiger partial charge >= 0.3 is 0 Å². The highest BCUT2D eigenvalue weighted by molar-refractivity contribution is 6.31. The normalized spacial score (nSPS) is 10.3. The maximum Gasteiger partial charge on any atom is 0.275 e. The summed E-state index contributed by atoms with van der Waals surface area (Å²) >= 11 is 6.04. The number of benzene rings is 1. The fourth-order valence-corrected chi connectivity index (χ4v) is 1.70. The number of aromatic nitrogens is 3. The zero-order valence-corrected chi connectivity index (χ0v) is 10.5. The lowest BCUT2D eigenvalue weighted by atomic mass is 10.2. The van der Waals surface area contributed by atoms with Gasteiger partial charge in [0.1, 0.15) is 0 Å². The van der Waals surface area contributed by atoms with Crippen LogP contribution in [0.2, 0.25) is 5.02 Å². The van der Waals surface area contributed by atoms with Crippen molar-refractivity contribution in [1.82, 2.24) is 20.3 Å². The van der Waals surface area contributed by atoms with E-state index in [0.717, 1.165) is 5.56 Å². The van der Waals surface area contributed by atoms with Gasteiger partial charge in [0.2, 0.25) is 0 Å². The highest BCUT2D eigenvalue weighted by Crippen LogP contribution is 2.17. The summed E-state index contributed by atoms with van der Waals surface area (Å²) in [6, 6.07) is 7.35. The highest BCUT2D eigenvalue weighted by Gasteiger charge is 2.16. The summed E-state index contributed by atoms with van der Waals surface area (Å²) < 4.78 is 1.44. The van der Waals surface area contributed by atoms with Crippen molar-refractivity contribution >= 4 is 23.3 Å². The molecule has 0 radical (unpaired) electrons. The van der Waals surface area contributed by atoms with Crippen molar-refractivity contribution in [3.05, 3.63) is 40.5 Å². The summed E-state index contributed by atoms with van der Waals surface area (Å²) in [5.74, 6) is -0.146. The third-order valence-electron chi connectivity index (χ3n) is 2.49. The Morgan fingerprint density at radius 1 is 1.50 bits per heavy atom. The average molecular weight is 266 g/mol. The molecule has 0 aliphatic carbocycles. The van der Waals surface area contributed by atoms with Crippen molar-refractivity contribution in [3.63, 3.8) is 0 Å². The molecule has 94 valence electrons. The topological polar surface area (TPSA) is 85.8 Å². The minimum atomic E-state index is -0.363. The second-order valence-corrected chi connectivity index (χ2v) is 4.06. The summed E-state index contributed by atoms with van der Waals surface area (Å²) in [7, 11) is 1.51. The molecular weight excluding hydrogens is 254 g/mol. The minimum absolute atomic E-state index is 0.115. The standard InChI is InChI=1S/C11H12ClN5O/c1-14-11(18)9-10(13)17(16-15-9)6-7-4-2-3-5-8(7)12/h2-5H,6,13H2,1H3,(H,14,18). The molecular formula is C11H12ClN5O. The number of anilines is 1. The van der Waals surface area contributed by atoms with E-state index in [1.54, 1.807) is 6.07 Å². The molecule has 1 aromatic heterocycles. The van der Waals surface area contributed by atoms with Gasteiger partial charge in [-0.15, -0.1) is 5.10 Å². The van der Waals surface area contributed by atoms with E-state index >= 15 is 0 Å². The maximum atomic E-state index is 11.4. The van der Waals surface area contributed by atoms with E-state index < -0.39 is 0 Å². The second-order valence-electron chi connectivity index (χ2n) is 3.65. The van der Waals surface area contributed by atoms with Crippen molar-refractivity contribution < 1.29 is 4.79 Å². The Morgan fingerprint density at radius 3 is 2.89 bits per heavy atom. The molecule has 3 N–H and O–H groups in total. The SMILES string of the molecule is CNC(=O)c1nnn(Cc2ccccc2Cl)c1N. The van der Waals surface area contributed by atoms with Gasteiger partial charge in [-0.05, 0) is 11.6 Å². The lowest BCUT2D eigenvalue weighted by molar-refractivity contribution is 0.0959. The Hall–Kier alpha value is -2.08. The Morgan fingerprint density at radius 2 is 2.22 bits per heavy atom. The summed E-state index contributed by atoms with van der Waals surface area (Å²) in [5, 5.41) is 10.7. The van der Waals surface area contributed by atoms with Crippen LogP contribution in [0, 0.1) is 0 Å². The second kappa shape index (κ2) is 5.05. The van der Waals surface area contributed by atoms with E-state index in [2.05, 4.69) is 15.6 Å². The first-order valence-electron chi connectivity index (χ1n) is 5.28. The summed E-state index contributed by atoms with van der Waals surface area (Å²) in [6.45, 7) is 0.371. The first kappa shape index (κ1) is 12.4. The summed E-state index contributed by atoms with van der Waals surface area (Å²) in [5.41, 5.74) is 6.79. The van der Waals surface area contributed by atoms with E-state index in [-0.39, 0.29) is 17.4 Å². The van der Waals surface area contributed by atoms with Crippen LogP contribution in [0.3, 0.4) is 0 Å². The van der Waals surface area contributed by atoms with Gasteiger partial charge in [0.15, 0.2) is 11.5 Å². The quantitative estimate of drug-likeness (QED) is 0.864. The lowest BCUT2D eigenvalue weighted by Gasteiger charge is -2.05. The number of halogens is 1. The van der Waals surface area contributed by atoms with E-state index in [4.69, 9.17) is 17.3 Å². The molecule has 0 saturated carbocycles. The molecule has 0 aliphatic rings. The number of nitrogens with two attached hydrogens (primary N) is 1. The van der Waals surface area contributed by atoms with Gasteiger partial charge in [-0.25, -0.2) is 4.68 Å². The van der Waals surface area contributed by atoms with Crippen LogP contribution >= 0.6 is 11.6 Å². The monoisotopic (exact) mass is 265 g/mol. The Kier molecular flexibility index (Phi) is 3.47. The molecule has 2 aromatic rings. The third-order valence-corrected chi connectivity index (χ3v) is 2.86. The maximum absolute atomic E-state index is 11.4. The summed E-state index contributed by atoms with van der Waals surface area (Å²) in [6.07, 6.45) is 0. The Labute approximate surface area is 109 Å². The first-order chi connectivity index (χ1) is 8.63. The lowest BCUT2D eigenvalue weighted by Crippen LogP contribution is -2.20. The molecule has 1 aromatic carbocycles. The molecule has 0 unspecified atom stereocenters. The van der Waals surface area contributed by atoms with E-state index in [9.17, 15) is 4.79 Å². The molecule has 1 heterocycles. The van der Waals surface area contributed by atoms with Gasteiger partial charge in [0.25, 0.3) is 5.91 Å². The molecule has 0 bridgehead atoms. The number of hydrogen-bond acceptors (Lipinski definition) is 4. The van der Waals surface area contributed by atoms with Crippen LogP contribution in [0.4, 0.5) is 5.82 Å². The smallest absolute Gasteiger partial charge is 0.275 e. The number of hydrogen-bond donors (Lipinski definition) is 2. The van der Waals surface area contributed by atoms with Crippen molar-refractivity contribution in [2.24, 2.45) is 0 Å². The van der Waals surface area contributed by atoms with Crippen LogP contribution in [-0.4, -0.2) is 27.9 Å². The number of nitrogen functional groups attached to an aromatic ring is 1. The molecule has 6 nitrogen and oxygen atoms in total. The fraction of sp³-hybridized carbons (Fsp3) is 0.182. The number of carbonyl (C=O) groups is 1. The fourth-order valence-electron chi connectivity index (χ4n) is 1.51. The van der Waals surface area contributed by atoms with Gasteiger partial charge in [0, 0.05) is 12.1 Å². The first-order valence-corrected chi connectivity index (χ1v) is 5.65. The van der Waals surface area contributed by atoms with Crippen molar-refractivity contribution in [2.75, 3.05) is 12.8 Å². The number of carbonyl (C=O) groups excluding carboxylic acids is 1. The molecule has 0 fully saturated rings. The number of rotatable bonds is 3. The van der Waals surface area contributed by atoms with E-state index in [1.807, 2.05) is 18.2 Å². The Bertz CT molecular complexity index is 581. The van der Waals surface area contributed by atoms with E-state index in [0.29, 0.717) is 11.6 Å². The predicted octanol–water partition coefficient (Wildman–Crippen LogP) is 0.922. The van der Waals surface area contributed by atoms with E-state index in [1.165, 1.54) is 11.7 Å². The summed E-state index contributed by atoms with van der Waals surface area (Å²) in [4.78, 5) is 11.4. The van der Waals surface area contributed by atoms with Crippen molar-refractivity contribution in [3.8, 4) is 0 Å². The molecule has 7 heteroatoms. The van der Waals surface area contributed by atoms with Crippen molar-refractivity contribution in [2.45, 2.75) is 6.54 Å². The molecule has 18 heavy (non-hydrogen) atoms. The van der Waals surface area contributed by atoms with Crippen molar-refractivity contribution in [1.29, 1.82) is 0 Å². The molecule has 1 amide bonds. The van der Waals surface area contributed by atoms with Gasteiger partial charge in [-0.1, -0.05) is 35.0 Å². The van der Waals surface area contributed by atoms with Crippen LogP contribution < -0.4 is 11.1 Å². The average Bonchev–Trinajstić information content (AvgIpc) is 2.73. The number of nitrogens with one attached hydrogen (secondary N) is 1. The minimum Gasteiger partial charge on any atom is -0.382 e.